The first-order chi connectivity index (χ1) is 18.9. The number of sulfone groups is 1. The number of hydrogen-bond acceptors (Lipinski definition) is 6. The molecule has 4 rings (SSSR count). The van der Waals surface area contributed by atoms with Gasteiger partial charge in [0, 0.05) is 30.0 Å². The van der Waals surface area contributed by atoms with E-state index in [4.69, 9.17) is 14.6 Å². The van der Waals surface area contributed by atoms with E-state index in [0.717, 1.165) is 38.0 Å². The van der Waals surface area contributed by atoms with Crippen molar-refractivity contribution in [3.05, 3.63) is 54.1 Å². The van der Waals surface area contributed by atoms with E-state index in [0.29, 0.717) is 12.2 Å². The van der Waals surface area contributed by atoms with Gasteiger partial charge in [0.2, 0.25) is 0 Å². The minimum absolute atomic E-state index is 0.00457. The highest BCUT2D eigenvalue weighted by Gasteiger charge is 2.32. The van der Waals surface area contributed by atoms with Gasteiger partial charge in [0.15, 0.2) is 26.5 Å². The molecule has 0 unspecified atom stereocenters. The van der Waals surface area contributed by atoms with Crippen molar-refractivity contribution in [3.63, 3.8) is 0 Å². The predicted octanol–water partition coefficient (Wildman–Crippen LogP) is 5.59. The summed E-state index contributed by atoms with van der Waals surface area (Å²) in [6, 6.07) is 11.1. The van der Waals surface area contributed by atoms with Crippen LogP contribution in [-0.4, -0.2) is 54.8 Å². The van der Waals surface area contributed by atoms with Gasteiger partial charge in [0.1, 0.15) is 18.1 Å². The van der Waals surface area contributed by atoms with Crippen LogP contribution in [0.3, 0.4) is 0 Å². The molecule has 0 amide bonds. The van der Waals surface area contributed by atoms with Crippen molar-refractivity contribution in [2.75, 3.05) is 19.5 Å². The Labute approximate surface area is 232 Å². The zero-order valence-electron chi connectivity index (χ0n) is 22.8. The molecule has 2 aromatic carbocycles. The summed E-state index contributed by atoms with van der Waals surface area (Å²) >= 11 is 0. The molecule has 0 aliphatic heterocycles. The minimum Gasteiger partial charge on any atom is -0.491 e. The molecular formula is C29H34F2N2O6S. The van der Waals surface area contributed by atoms with Gasteiger partial charge in [-0.05, 0) is 57.4 Å². The van der Waals surface area contributed by atoms with Gasteiger partial charge in [-0.3, -0.25) is 4.68 Å². The average molecular weight is 577 g/mol. The molecule has 0 radical (unpaired) electrons. The van der Waals surface area contributed by atoms with E-state index < -0.39 is 27.4 Å². The number of halogens is 2. The smallest absolute Gasteiger partial charge is 0.329 e. The second kappa shape index (κ2) is 12.5. The van der Waals surface area contributed by atoms with E-state index in [1.54, 1.807) is 44.2 Å². The summed E-state index contributed by atoms with van der Waals surface area (Å²) < 4.78 is 69.0. The van der Waals surface area contributed by atoms with Crippen LogP contribution >= 0.6 is 0 Å². The molecular weight excluding hydrogens is 542 g/mol. The van der Waals surface area contributed by atoms with Gasteiger partial charge in [-0.25, -0.2) is 22.0 Å². The molecule has 1 aromatic heterocycles. The van der Waals surface area contributed by atoms with Crippen molar-refractivity contribution in [3.8, 4) is 28.1 Å². The van der Waals surface area contributed by atoms with Crippen LogP contribution in [0.25, 0.3) is 22.4 Å². The molecule has 1 N–H and O–H groups in total. The maximum atomic E-state index is 15.4. The topological polar surface area (TPSA) is 108 Å². The van der Waals surface area contributed by atoms with Gasteiger partial charge in [-0.15, -0.1) is 0 Å². The largest absolute Gasteiger partial charge is 0.491 e. The van der Waals surface area contributed by atoms with Crippen molar-refractivity contribution in [2.24, 2.45) is 11.8 Å². The highest BCUT2D eigenvalue weighted by Crippen LogP contribution is 2.41. The summed E-state index contributed by atoms with van der Waals surface area (Å²) in [5.74, 6) is -2.95. The maximum Gasteiger partial charge on any atom is 0.329 e. The van der Waals surface area contributed by atoms with E-state index in [2.05, 4.69) is 5.10 Å². The van der Waals surface area contributed by atoms with Gasteiger partial charge in [0.05, 0.1) is 18.3 Å². The van der Waals surface area contributed by atoms with Crippen molar-refractivity contribution < 1.29 is 36.6 Å². The Morgan fingerprint density at radius 1 is 1.10 bits per heavy atom. The lowest BCUT2D eigenvalue weighted by molar-refractivity contribution is -0.142. The average Bonchev–Trinajstić information content (AvgIpc) is 3.26. The van der Waals surface area contributed by atoms with Gasteiger partial charge in [0.25, 0.3) is 0 Å². The number of carbonyl (C=O) groups is 1. The van der Waals surface area contributed by atoms with Crippen LogP contribution in [0.15, 0.2) is 47.5 Å². The third-order valence-electron chi connectivity index (χ3n) is 6.92. The van der Waals surface area contributed by atoms with Crippen molar-refractivity contribution in [2.45, 2.75) is 57.2 Å². The van der Waals surface area contributed by atoms with Gasteiger partial charge in [-0.1, -0.05) is 30.3 Å². The lowest BCUT2D eigenvalue weighted by atomic mass is 9.82. The Bertz CT molecular complexity index is 1450. The fraction of sp³-hybridized carbons (Fsp3) is 0.448. The molecule has 40 heavy (non-hydrogen) atoms. The summed E-state index contributed by atoms with van der Waals surface area (Å²) in [5.41, 5.74) is 0.558. The van der Waals surface area contributed by atoms with E-state index in [9.17, 15) is 17.6 Å². The normalized spacial score (nSPS) is 17.8. The highest BCUT2D eigenvalue weighted by atomic mass is 32.2. The van der Waals surface area contributed by atoms with Crippen LogP contribution in [0.2, 0.25) is 0 Å². The Morgan fingerprint density at radius 2 is 1.75 bits per heavy atom. The molecule has 216 valence electrons. The Kier molecular flexibility index (Phi) is 9.25. The molecule has 0 atom stereocenters. The third kappa shape index (κ3) is 7.06. The number of benzene rings is 2. The molecule has 1 aliphatic carbocycles. The van der Waals surface area contributed by atoms with Crippen LogP contribution in [-0.2, 0) is 25.9 Å². The number of aliphatic carboxylic acids is 1. The number of rotatable bonds is 11. The Hall–Kier alpha value is -3.31. The van der Waals surface area contributed by atoms with E-state index in [1.165, 1.54) is 10.7 Å². The number of carboxylic acid groups (broad SMARTS) is 1. The standard InChI is InChI=1S/C29H34F2N2O6S/c1-18(2)39-22-13-23(27(31)24(30)14-22)26-28(21-7-5-4-6-8-21)32-33(29(26)40(3,36)37)15-19-9-11-20(12-10-19)16-38-17-25(34)35/h4-8,13-14,18-20H,9-12,15-17H2,1-3H3,(H,34,35). The number of carboxylic acids is 1. The van der Waals surface area contributed by atoms with E-state index >= 15 is 4.39 Å². The van der Waals surface area contributed by atoms with Crippen molar-refractivity contribution >= 4 is 15.8 Å². The maximum absolute atomic E-state index is 15.4. The number of nitrogens with zero attached hydrogens (tertiary/aromatic N) is 2. The molecule has 0 bridgehead atoms. The minimum atomic E-state index is -3.95. The fourth-order valence-electron chi connectivity index (χ4n) is 5.21. The molecule has 0 spiro atoms. The van der Waals surface area contributed by atoms with E-state index in [1.807, 2.05) is 0 Å². The number of hydrogen-bond donors (Lipinski definition) is 1. The van der Waals surface area contributed by atoms with Crippen molar-refractivity contribution in [1.82, 2.24) is 9.78 Å². The van der Waals surface area contributed by atoms with Gasteiger partial charge in [-0.2, -0.15) is 5.10 Å². The SMILES string of the molecule is CC(C)Oc1cc(F)c(F)c(-c2c(-c3ccccc3)nn(CC3CCC(COCC(=O)O)CC3)c2S(C)(=O)=O)c1. The Balaban J connectivity index is 1.76. The van der Waals surface area contributed by atoms with Crippen molar-refractivity contribution in [1.29, 1.82) is 0 Å². The summed E-state index contributed by atoms with van der Waals surface area (Å²) in [6.45, 7) is 3.80. The van der Waals surface area contributed by atoms with Crippen LogP contribution in [0.4, 0.5) is 8.78 Å². The molecule has 1 saturated carbocycles. The summed E-state index contributed by atoms with van der Waals surface area (Å²) in [5, 5.41) is 13.3. The molecule has 8 nitrogen and oxygen atoms in total. The number of ether oxygens (including phenoxy) is 2. The van der Waals surface area contributed by atoms with Crippen LogP contribution in [0.1, 0.15) is 39.5 Å². The summed E-state index contributed by atoms with van der Waals surface area (Å²) in [4.78, 5) is 10.7. The second-order valence-electron chi connectivity index (χ2n) is 10.6. The zero-order valence-corrected chi connectivity index (χ0v) is 23.6. The van der Waals surface area contributed by atoms with Gasteiger partial charge < -0.3 is 14.6 Å². The van der Waals surface area contributed by atoms with Crippen LogP contribution in [0.5, 0.6) is 5.75 Å². The monoisotopic (exact) mass is 576 g/mol. The number of aromatic nitrogens is 2. The second-order valence-corrected chi connectivity index (χ2v) is 12.5. The molecule has 11 heteroatoms. The molecule has 1 aliphatic rings. The first kappa shape index (κ1) is 29.7. The zero-order chi connectivity index (χ0) is 29.0. The van der Waals surface area contributed by atoms with E-state index in [-0.39, 0.29) is 58.7 Å². The molecule has 1 heterocycles. The quantitative estimate of drug-likeness (QED) is 0.317. The molecule has 3 aromatic rings. The lowest BCUT2D eigenvalue weighted by Crippen LogP contribution is -2.24. The first-order valence-electron chi connectivity index (χ1n) is 13.3. The highest BCUT2D eigenvalue weighted by molar-refractivity contribution is 7.90. The first-order valence-corrected chi connectivity index (χ1v) is 15.1. The van der Waals surface area contributed by atoms with Crippen LogP contribution in [0, 0.1) is 23.5 Å². The molecule has 1 fully saturated rings. The summed E-state index contributed by atoms with van der Waals surface area (Å²) in [6.07, 6.45) is 3.85. The Morgan fingerprint density at radius 3 is 2.35 bits per heavy atom. The lowest BCUT2D eigenvalue weighted by Gasteiger charge is -2.28. The summed E-state index contributed by atoms with van der Waals surface area (Å²) in [7, 11) is -3.95. The predicted molar refractivity (Wildman–Crippen MR) is 146 cm³/mol. The van der Waals surface area contributed by atoms with Crippen LogP contribution < -0.4 is 4.74 Å². The molecule has 0 saturated heterocycles. The fourth-order valence-corrected chi connectivity index (χ4v) is 6.29. The third-order valence-corrected chi connectivity index (χ3v) is 8.04. The van der Waals surface area contributed by atoms with Gasteiger partial charge >= 0.3 is 5.97 Å².